The molecule has 4 rings (SSSR count). The number of hydrogen-bond donors (Lipinski definition) is 1. The van der Waals surface area contributed by atoms with E-state index in [4.69, 9.17) is 11.6 Å². The van der Waals surface area contributed by atoms with Crippen LogP contribution in [0.2, 0.25) is 4.34 Å². The fourth-order valence-electron chi connectivity index (χ4n) is 3.91. The largest absolute Gasteiger partial charge is 0.322 e. The van der Waals surface area contributed by atoms with Gasteiger partial charge in [-0.1, -0.05) is 29.3 Å². The molecule has 1 amide bonds. The molecule has 1 N–H and O–H groups in total. The average molecular weight is 458 g/mol. The van der Waals surface area contributed by atoms with Gasteiger partial charge in [0.25, 0.3) is 0 Å². The summed E-state index contributed by atoms with van der Waals surface area (Å²) in [5, 5.41) is 7.73. The van der Waals surface area contributed by atoms with Gasteiger partial charge < -0.3 is 5.32 Å². The van der Waals surface area contributed by atoms with Crippen molar-refractivity contribution in [1.82, 2.24) is 19.6 Å². The average Bonchev–Trinajstić information content (AvgIpc) is 3.27. The minimum absolute atomic E-state index is 0.00754. The number of hydrogen-bond acceptors (Lipinski definition) is 5. The highest BCUT2D eigenvalue weighted by molar-refractivity contribution is 7.16. The Labute approximate surface area is 192 Å². The number of benzene rings is 1. The number of halogens is 1. The van der Waals surface area contributed by atoms with E-state index in [9.17, 15) is 4.79 Å². The molecule has 31 heavy (non-hydrogen) atoms. The summed E-state index contributed by atoms with van der Waals surface area (Å²) in [7, 11) is 0. The molecule has 6 nitrogen and oxygen atoms in total. The highest BCUT2D eigenvalue weighted by Crippen LogP contribution is 2.24. The summed E-state index contributed by atoms with van der Waals surface area (Å²) < 4.78 is 2.72. The maximum atomic E-state index is 12.7. The van der Waals surface area contributed by atoms with Crippen LogP contribution in [0.4, 0.5) is 5.69 Å². The number of amides is 1. The van der Waals surface area contributed by atoms with Gasteiger partial charge in [0.15, 0.2) is 0 Å². The van der Waals surface area contributed by atoms with Gasteiger partial charge in [-0.3, -0.25) is 14.6 Å². The molecule has 0 aliphatic carbocycles. The summed E-state index contributed by atoms with van der Waals surface area (Å²) >= 11 is 7.67. The third kappa shape index (κ3) is 5.36. The van der Waals surface area contributed by atoms with Crippen molar-refractivity contribution in [2.45, 2.75) is 27.3 Å². The highest BCUT2D eigenvalue weighted by atomic mass is 35.5. The van der Waals surface area contributed by atoms with Crippen molar-refractivity contribution in [2.24, 2.45) is 0 Å². The molecule has 1 saturated heterocycles. The molecule has 0 unspecified atom stereocenters. The maximum absolute atomic E-state index is 12.7. The van der Waals surface area contributed by atoms with Crippen molar-refractivity contribution in [3.05, 3.63) is 62.6 Å². The number of nitrogens with zero attached hydrogens (tertiary/aromatic N) is 4. The van der Waals surface area contributed by atoms with E-state index in [0.717, 1.165) is 59.8 Å². The first-order chi connectivity index (χ1) is 14.9. The molecule has 1 aliphatic heterocycles. The predicted molar refractivity (Wildman–Crippen MR) is 127 cm³/mol. The topological polar surface area (TPSA) is 53.4 Å². The van der Waals surface area contributed by atoms with Crippen LogP contribution < -0.4 is 5.32 Å². The first-order valence-corrected chi connectivity index (χ1v) is 11.7. The van der Waals surface area contributed by atoms with E-state index in [-0.39, 0.29) is 5.91 Å². The summed E-state index contributed by atoms with van der Waals surface area (Å²) in [6, 6.07) is 12.3. The number of aromatic nitrogens is 2. The van der Waals surface area contributed by atoms with Crippen LogP contribution in [0.1, 0.15) is 21.8 Å². The van der Waals surface area contributed by atoms with Crippen LogP contribution in [0.25, 0.3) is 5.69 Å². The minimum Gasteiger partial charge on any atom is -0.322 e. The third-order valence-corrected chi connectivity index (χ3v) is 6.89. The molecule has 1 fully saturated rings. The summed E-state index contributed by atoms with van der Waals surface area (Å²) in [5.74, 6) is 0.00754. The fraction of sp³-hybridized carbons (Fsp3) is 0.391. The van der Waals surface area contributed by atoms with Gasteiger partial charge in [-0.25, -0.2) is 4.68 Å². The molecular formula is C23H28ClN5OS. The Bertz CT molecular complexity index is 1050. The Morgan fingerprint density at radius 3 is 2.35 bits per heavy atom. The van der Waals surface area contributed by atoms with Gasteiger partial charge in [0.05, 0.1) is 33.6 Å². The second-order valence-corrected chi connectivity index (χ2v) is 9.90. The van der Waals surface area contributed by atoms with Gasteiger partial charge in [-0.05, 0) is 45.0 Å². The van der Waals surface area contributed by atoms with E-state index in [1.165, 1.54) is 10.4 Å². The number of aryl methyl sites for hydroxylation is 2. The van der Waals surface area contributed by atoms with Crippen molar-refractivity contribution < 1.29 is 4.79 Å². The van der Waals surface area contributed by atoms with Gasteiger partial charge in [0.1, 0.15) is 0 Å². The smallest absolute Gasteiger partial charge is 0.238 e. The van der Waals surface area contributed by atoms with Crippen molar-refractivity contribution in [3.63, 3.8) is 0 Å². The van der Waals surface area contributed by atoms with Crippen molar-refractivity contribution in [3.8, 4) is 5.69 Å². The van der Waals surface area contributed by atoms with Crippen LogP contribution in [0.3, 0.4) is 0 Å². The highest BCUT2D eigenvalue weighted by Gasteiger charge is 2.21. The van der Waals surface area contributed by atoms with Crippen LogP contribution in [0, 0.1) is 20.8 Å². The lowest BCUT2D eigenvalue weighted by Crippen LogP contribution is -2.48. The second kappa shape index (κ2) is 9.53. The molecule has 3 aromatic rings. The van der Waals surface area contributed by atoms with E-state index in [1.807, 2.05) is 36.7 Å². The lowest BCUT2D eigenvalue weighted by molar-refractivity contribution is -0.117. The van der Waals surface area contributed by atoms with Crippen LogP contribution in [0.5, 0.6) is 0 Å². The van der Waals surface area contributed by atoms with Gasteiger partial charge >= 0.3 is 0 Å². The number of nitrogens with one attached hydrogen (secondary N) is 1. The molecule has 8 heteroatoms. The molecule has 0 radical (unpaired) electrons. The normalized spacial score (nSPS) is 15.4. The Balaban J connectivity index is 1.32. The molecule has 164 valence electrons. The molecule has 0 saturated carbocycles. The zero-order valence-corrected chi connectivity index (χ0v) is 19.8. The van der Waals surface area contributed by atoms with Crippen molar-refractivity contribution in [2.75, 3.05) is 38.0 Å². The van der Waals surface area contributed by atoms with Gasteiger partial charge in [0, 0.05) is 37.6 Å². The molecular weight excluding hydrogens is 430 g/mol. The lowest BCUT2D eigenvalue weighted by Gasteiger charge is -2.34. The molecule has 0 atom stereocenters. The van der Waals surface area contributed by atoms with E-state index < -0.39 is 0 Å². The van der Waals surface area contributed by atoms with Gasteiger partial charge in [-0.15, -0.1) is 11.3 Å². The molecule has 0 bridgehead atoms. The number of carbonyl (C=O) groups is 1. The van der Waals surface area contributed by atoms with E-state index in [2.05, 4.69) is 45.3 Å². The minimum atomic E-state index is 0.00754. The quantitative estimate of drug-likeness (QED) is 0.600. The Morgan fingerprint density at radius 2 is 1.71 bits per heavy atom. The second-order valence-electron chi connectivity index (χ2n) is 8.10. The van der Waals surface area contributed by atoms with Crippen LogP contribution in [-0.2, 0) is 11.3 Å². The summed E-state index contributed by atoms with van der Waals surface area (Å²) in [6.45, 7) is 11.0. The van der Waals surface area contributed by atoms with Crippen LogP contribution in [0.15, 0.2) is 36.4 Å². The van der Waals surface area contributed by atoms with Crippen molar-refractivity contribution >= 4 is 34.5 Å². The third-order valence-electron chi connectivity index (χ3n) is 5.67. The zero-order chi connectivity index (χ0) is 22.0. The monoisotopic (exact) mass is 457 g/mol. The molecule has 2 aromatic heterocycles. The molecule has 1 aromatic carbocycles. The van der Waals surface area contributed by atoms with Crippen LogP contribution >= 0.6 is 22.9 Å². The first kappa shape index (κ1) is 22.0. The Kier molecular flexibility index (Phi) is 6.77. The molecule has 3 heterocycles. The zero-order valence-electron chi connectivity index (χ0n) is 18.2. The predicted octanol–water partition coefficient (Wildman–Crippen LogP) is 4.27. The van der Waals surface area contributed by atoms with Gasteiger partial charge in [-0.2, -0.15) is 5.10 Å². The van der Waals surface area contributed by atoms with E-state index in [1.54, 1.807) is 11.3 Å². The van der Waals surface area contributed by atoms with E-state index >= 15 is 0 Å². The molecule has 0 spiro atoms. The maximum Gasteiger partial charge on any atom is 0.238 e. The van der Waals surface area contributed by atoms with Crippen molar-refractivity contribution in [1.29, 1.82) is 0 Å². The molecule has 1 aliphatic rings. The SMILES string of the molecule is Cc1ccc(-n2nc(C)c(NC(=O)CN3CCN(Cc4ccc(Cl)s4)CC3)c2C)cc1. The number of anilines is 1. The first-order valence-electron chi connectivity index (χ1n) is 10.5. The standard InChI is InChI=1S/C23H28ClN5OS/c1-16-4-6-19(7-5-16)29-18(3)23(17(2)26-29)25-22(30)15-28-12-10-27(11-13-28)14-20-8-9-21(24)31-20/h4-9H,10-15H2,1-3H3,(H,25,30). The Morgan fingerprint density at radius 1 is 1.03 bits per heavy atom. The van der Waals surface area contributed by atoms with Crippen LogP contribution in [-0.4, -0.2) is 58.2 Å². The number of thiophene rings is 1. The Hall–Kier alpha value is -2.19. The summed E-state index contributed by atoms with van der Waals surface area (Å²) in [4.78, 5) is 18.6. The number of rotatable bonds is 6. The number of carbonyl (C=O) groups excluding carboxylic acids is 1. The summed E-state index contributed by atoms with van der Waals surface area (Å²) in [5.41, 5.74) is 4.77. The lowest BCUT2D eigenvalue weighted by atomic mass is 10.2. The van der Waals surface area contributed by atoms with E-state index in [0.29, 0.717) is 6.54 Å². The number of piperazine rings is 1. The fourth-order valence-corrected chi connectivity index (χ4v) is 5.04. The van der Waals surface area contributed by atoms with Gasteiger partial charge in [0.2, 0.25) is 5.91 Å². The summed E-state index contributed by atoms with van der Waals surface area (Å²) in [6.07, 6.45) is 0.